The number of nitrogens with zero attached hydrogens (tertiary/aromatic N) is 3. The van der Waals surface area contributed by atoms with Crippen molar-refractivity contribution in [2.45, 2.75) is 51.3 Å². The van der Waals surface area contributed by atoms with Crippen LogP contribution in [-0.4, -0.2) is 46.8 Å². The monoisotopic (exact) mass is 307 g/mol. The fraction of sp³-hybridized carbons (Fsp3) is 0.625. The third kappa shape index (κ3) is 3.00. The molecule has 0 saturated carbocycles. The number of hydrogen-bond donors (Lipinski definition) is 0. The molecule has 3 heterocycles. The Kier molecular flexibility index (Phi) is 3.70. The quantitative estimate of drug-likeness (QED) is 0.749. The molecule has 2 bridgehead atoms. The summed E-state index contributed by atoms with van der Waals surface area (Å²) in [5.74, 6) is 0.167. The minimum absolute atomic E-state index is 0.110. The Labute approximate surface area is 130 Å². The van der Waals surface area contributed by atoms with Crippen molar-refractivity contribution in [1.82, 2.24) is 9.88 Å². The van der Waals surface area contributed by atoms with Crippen molar-refractivity contribution < 1.29 is 13.9 Å². The third-order valence-electron chi connectivity index (χ3n) is 4.11. The summed E-state index contributed by atoms with van der Waals surface area (Å²) in [7, 11) is 0. The topological polar surface area (TPSA) is 45.7 Å². The molecule has 0 radical (unpaired) electrons. The number of aromatic nitrogens is 1. The molecule has 5 nitrogen and oxygen atoms in total. The summed E-state index contributed by atoms with van der Waals surface area (Å²) in [6.07, 6.45) is 1.66. The van der Waals surface area contributed by atoms with Gasteiger partial charge in [0.2, 0.25) is 5.95 Å². The second kappa shape index (κ2) is 5.41. The van der Waals surface area contributed by atoms with Gasteiger partial charge in [-0.05, 0) is 45.7 Å². The van der Waals surface area contributed by atoms with Crippen LogP contribution < -0.4 is 4.90 Å². The molecular weight excluding hydrogens is 285 g/mol. The maximum Gasteiger partial charge on any atom is 0.410 e. The van der Waals surface area contributed by atoms with Gasteiger partial charge in [0.15, 0.2) is 0 Å². The number of carbonyl (C=O) groups excluding carboxylic acids is 1. The van der Waals surface area contributed by atoms with Crippen molar-refractivity contribution in [3.63, 3.8) is 0 Å². The van der Waals surface area contributed by atoms with Crippen LogP contribution in [0.15, 0.2) is 18.2 Å². The zero-order chi connectivity index (χ0) is 15.9. The van der Waals surface area contributed by atoms with Gasteiger partial charge in [-0.15, -0.1) is 0 Å². The lowest BCUT2D eigenvalue weighted by Crippen LogP contribution is -2.57. The maximum absolute atomic E-state index is 13.3. The van der Waals surface area contributed by atoms with Crippen molar-refractivity contribution in [2.75, 3.05) is 18.0 Å². The first-order chi connectivity index (χ1) is 10.3. The van der Waals surface area contributed by atoms with E-state index in [1.165, 1.54) is 6.07 Å². The fourth-order valence-corrected chi connectivity index (χ4v) is 3.28. The molecule has 2 fully saturated rings. The molecule has 2 atom stereocenters. The molecule has 0 aromatic carbocycles. The van der Waals surface area contributed by atoms with E-state index < -0.39 is 11.5 Å². The van der Waals surface area contributed by atoms with E-state index in [9.17, 15) is 9.18 Å². The van der Waals surface area contributed by atoms with Crippen molar-refractivity contribution in [2.24, 2.45) is 0 Å². The van der Waals surface area contributed by atoms with Crippen LogP contribution in [0.3, 0.4) is 0 Å². The summed E-state index contributed by atoms with van der Waals surface area (Å²) in [5, 5.41) is 0. The van der Waals surface area contributed by atoms with Crippen LogP contribution in [0, 0.1) is 5.95 Å². The van der Waals surface area contributed by atoms with E-state index in [1.807, 2.05) is 31.7 Å². The van der Waals surface area contributed by atoms with Gasteiger partial charge in [0, 0.05) is 13.1 Å². The lowest BCUT2D eigenvalue weighted by atomic mass is 10.2. The first-order valence-corrected chi connectivity index (χ1v) is 7.72. The highest BCUT2D eigenvalue weighted by atomic mass is 19.1. The molecule has 2 aliphatic rings. The van der Waals surface area contributed by atoms with Gasteiger partial charge in [-0.25, -0.2) is 9.78 Å². The molecule has 2 saturated heterocycles. The van der Waals surface area contributed by atoms with Crippen LogP contribution in [0.1, 0.15) is 33.6 Å². The second-order valence-corrected chi connectivity index (χ2v) is 7.00. The van der Waals surface area contributed by atoms with E-state index >= 15 is 0 Å². The van der Waals surface area contributed by atoms with Gasteiger partial charge in [-0.1, -0.05) is 6.07 Å². The highest BCUT2D eigenvalue weighted by molar-refractivity contribution is 5.70. The Morgan fingerprint density at radius 2 is 1.91 bits per heavy atom. The third-order valence-corrected chi connectivity index (χ3v) is 4.11. The van der Waals surface area contributed by atoms with Crippen LogP contribution in [0.5, 0.6) is 0 Å². The molecule has 1 aromatic rings. The summed E-state index contributed by atoms with van der Waals surface area (Å²) < 4.78 is 18.8. The van der Waals surface area contributed by atoms with E-state index in [4.69, 9.17) is 4.74 Å². The number of pyridine rings is 1. The van der Waals surface area contributed by atoms with E-state index in [-0.39, 0.29) is 18.2 Å². The van der Waals surface area contributed by atoms with Gasteiger partial charge < -0.3 is 9.64 Å². The zero-order valence-corrected chi connectivity index (χ0v) is 13.3. The molecule has 0 spiro atoms. The van der Waals surface area contributed by atoms with E-state index in [1.54, 1.807) is 6.07 Å². The molecule has 6 heteroatoms. The molecule has 0 N–H and O–H groups in total. The van der Waals surface area contributed by atoms with Crippen molar-refractivity contribution in [3.05, 3.63) is 24.1 Å². The van der Waals surface area contributed by atoms with E-state index in [2.05, 4.69) is 9.88 Å². The number of ether oxygens (including phenoxy) is 1. The Hall–Kier alpha value is -1.85. The molecule has 1 amide bonds. The molecular formula is C16H22FN3O2. The molecule has 2 aliphatic heterocycles. The van der Waals surface area contributed by atoms with Crippen LogP contribution in [-0.2, 0) is 4.74 Å². The highest BCUT2D eigenvalue weighted by Crippen LogP contribution is 2.33. The number of fused-ring (bicyclic) bond motifs is 2. The van der Waals surface area contributed by atoms with Gasteiger partial charge in [0.05, 0.1) is 12.1 Å². The van der Waals surface area contributed by atoms with Crippen LogP contribution >= 0.6 is 0 Å². The van der Waals surface area contributed by atoms with Crippen molar-refractivity contribution in [1.29, 1.82) is 0 Å². The summed E-state index contributed by atoms with van der Waals surface area (Å²) >= 11 is 0. The molecule has 1 aromatic heterocycles. The van der Waals surface area contributed by atoms with E-state index in [0.29, 0.717) is 18.9 Å². The van der Waals surface area contributed by atoms with Gasteiger partial charge >= 0.3 is 6.09 Å². The van der Waals surface area contributed by atoms with Crippen LogP contribution in [0.4, 0.5) is 15.0 Å². The summed E-state index contributed by atoms with van der Waals surface area (Å²) in [4.78, 5) is 20.3. The zero-order valence-electron chi connectivity index (χ0n) is 13.3. The lowest BCUT2D eigenvalue weighted by Gasteiger charge is -2.41. The standard InChI is InChI=1S/C16H22FN3O2/c1-16(2,3)22-15(21)20-11-7-8-12(20)10-19(9-11)14-6-4-5-13(17)18-14/h4-6,11-12H,7-10H2,1-3H3/t11-,12?/m1/s1. The average Bonchev–Trinajstić information content (AvgIpc) is 2.68. The van der Waals surface area contributed by atoms with Gasteiger partial charge in [-0.2, -0.15) is 4.39 Å². The predicted molar refractivity (Wildman–Crippen MR) is 81.3 cm³/mol. The minimum Gasteiger partial charge on any atom is -0.444 e. The summed E-state index contributed by atoms with van der Waals surface area (Å²) in [5.41, 5.74) is -0.488. The highest BCUT2D eigenvalue weighted by Gasteiger charge is 2.44. The number of piperazine rings is 1. The van der Waals surface area contributed by atoms with Gasteiger partial charge in [-0.3, -0.25) is 4.90 Å². The Morgan fingerprint density at radius 1 is 1.27 bits per heavy atom. The Morgan fingerprint density at radius 3 is 2.45 bits per heavy atom. The number of amides is 1. The minimum atomic E-state index is -0.488. The van der Waals surface area contributed by atoms with E-state index in [0.717, 1.165) is 12.8 Å². The molecule has 1 unspecified atom stereocenters. The number of rotatable bonds is 1. The van der Waals surface area contributed by atoms with Crippen molar-refractivity contribution >= 4 is 11.9 Å². The fourth-order valence-electron chi connectivity index (χ4n) is 3.28. The number of halogens is 1. The number of carbonyl (C=O) groups is 1. The summed E-state index contributed by atoms with van der Waals surface area (Å²) in [6.45, 7) is 6.97. The van der Waals surface area contributed by atoms with Gasteiger partial charge in [0.25, 0.3) is 0 Å². The second-order valence-electron chi connectivity index (χ2n) is 7.00. The first kappa shape index (κ1) is 15.1. The normalized spacial score (nSPS) is 24.5. The van der Waals surface area contributed by atoms with Crippen LogP contribution in [0.25, 0.3) is 0 Å². The number of hydrogen-bond acceptors (Lipinski definition) is 4. The van der Waals surface area contributed by atoms with Gasteiger partial charge in [0.1, 0.15) is 11.4 Å². The Balaban J connectivity index is 1.73. The van der Waals surface area contributed by atoms with Crippen molar-refractivity contribution in [3.8, 4) is 0 Å². The average molecular weight is 307 g/mol. The molecule has 0 aliphatic carbocycles. The number of anilines is 1. The smallest absolute Gasteiger partial charge is 0.410 e. The first-order valence-electron chi connectivity index (χ1n) is 7.72. The maximum atomic E-state index is 13.3. The molecule has 22 heavy (non-hydrogen) atoms. The summed E-state index contributed by atoms with van der Waals surface area (Å²) in [6, 6.07) is 5.04. The predicted octanol–water partition coefficient (Wildman–Crippen LogP) is 2.81. The lowest BCUT2D eigenvalue weighted by molar-refractivity contribution is 0.0122. The SMILES string of the molecule is CC(C)(C)OC(=O)N1C2CC[C@@H]1CN(c1cccc(F)n1)C2. The largest absolute Gasteiger partial charge is 0.444 e. The molecule has 3 rings (SSSR count). The van der Waals surface area contributed by atoms with Crippen LogP contribution in [0.2, 0.25) is 0 Å². The molecule has 120 valence electrons. The Bertz CT molecular complexity index is 559.